The third-order valence-corrected chi connectivity index (χ3v) is 1.68. The molecule has 0 bridgehead atoms. The van der Waals surface area contributed by atoms with E-state index in [9.17, 15) is 4.79 Å². The number of phenols is 1. The van der Waals surface area contributed by atoms with Gasteiger partial charge in [-0.05, 0) is 34.1 Å². The van der Waals surface area contributed by atoms with Crippen molar-refractivity contribution in [2.75, 3.05) is 5.73 Å². The first-order chi connectivity index (χ1) is 5.11. The van der Waals surface area contributed by atoms with Gasteiger partial charge in [0.2, 0.25) is 4.69 Å². The van der Waals surface area contributed by atoms with Crippen LogP contribution in [-0.2, 0) is 0 Å². The van der Waals surface area contributed by atoms with E-state index in [-0.39, 0.29) is 16.0 Å². The van der Waals surface area contributed by atoms with Crippen LogP contribution >= 0.6 is 15.9 Å². The zero-order chi connectivity index (χ0) is 8.43. The molecule has 1 rings (SSSR count). The summed E-state index contributed by atoms with van der Waals surface area (Å²) in [6, 6.07) is 4.21. The number of aromatic hydroxyl groups is 1. The van der Waals surface area contributed by atoms with Gasteiger partial charge in [0.05, 0.1) is 5.56 Å². The van der Waals surface area contributed by atoms with Crippen molar-refractivity contribution >= 4 is 26.3 Å². The summed E-state index contributed by atoms with van der Waals surface area (Å²) in [5, 5.41) is 8.96. The van der Waals surface area contributed by atoms with Gasteiger partial charge in [0.15, 0.2) is 0 Å². The second-order valence-electron chi connectivity index (χ2n) is 2.05. The second kappa shape index (κ2) is 2.92. The van der Waals surface area contributed by atoms with Crippen molar-refractivity contribution in [3.8, 4) is 5.75 Å². The van der Waals surface area contributed by atoms with E-state index in [0.29, 0.717) is 5.69 Å². The predicted octanol–water partition coefficient (Wildman–Crippen LogP) is 1.51. The number of nitrogens with two attached hydrogens (primary N) is 1. The van der Waals surface area contributed by atoms with E-state index in [4.69, 9.17) is 10.8 Å². The van der Waals surface area contributed by atoms with E-state index in [1.807, 2.05) is 0 Å². The van der Waals surface area contributed by atoms with Crippen molar-refractivity contribution in [3.05, 3.63) is 23.8 Å². The third kappa shape index (κ3) is 1.71. The number of anilines is 1. The Morgan fingerprint density at radius 3 is 2.64 bits per heavy atom. The normalized spacial score (nSPS) is 9.55. The Kier molecular flexibility index (Phi) is 2.14. The van der Waals surface area contributed by atoms with Crippen LogP contribution in [0, 0.1) is 0 Å². The van der Waals surface area contributed by atoms with Gasteiger partial charge >= 0.3 is 0 Å². The molecule has 0 aliphatic carbocycles. The molecule has 0 aliphatic rings. The van der Waals surface area contributed by atoms with E-state index in [1.165, 1.54) is 18.2 Å². The molecule has 0 aliphatic heterocycles. The fraction of sp³-hybridized carbons (Fsp3) is 0. The molecular weight excluding hydrogens is 210 g/mol. The molecule has 0 spiro atoms. The van der Waals surface area contributed by atoms with Gasteiger partial charge in [0.1, 0.15) is 5.75 Å². The van der Waals surface area contributed by atoms with Gasteiger partial charge in [0, 0.05) is 5.69 Å². The Balaban J connectivity index is 3.23. The van der Waals surface area contributed by atoms with E-state index >= 15 is 0 Å². The van der Waals surface area contributed by atoms with Crippen LogP contribution < -0.4 is 5.73 Å². The van der Waals surface area contributed by atoms with Gasteiger partial charge in [-0.2, -0.15) is 0 Å². The van der Waals surface area contributed by atoms with Crippen LogP contribution in [-0.4, -0.2) is 9.80 Å². The molecule has 58 valence electrons. The molecule has 11 heavy (non-hydrogen) atoms. The predicted molar refractivity (Wildman–Crippen MR) is 45.8 cm³/mol. The highest BCUT2D eigenvalue weighted by atomic mass is 79.9. The average Bonchev–Trinajstić information content (AvgIpc) is 1.94. The van der Waals surface area contributed by atoms with E-state index in [0.717, 1.165) is 0 Å². The molecule has 3 nitrogen and oxygen atoms in total. The second-order valence-corrected chi connectivity index (χ2v) is 2.77. The van der Waals surface area contributed by atoms with Crippen LogP contribution in [0.4, 0.5) is 5.69 Å². The zero-order valence-electron chi connectivity index (χ0n) is 5.54. The number of halogens is 1. The molecule has 0 saturated heterocycles. The molecule has 1 aromatic rings. The first-order valence-electron chi connectivity index (χ1n) is 2.89. The summed E-state index contributed by atoms with van der Waals surface area (Å²) < 4.78 is -0.328. The van der Waals surface area contributed by atoms with E-state index < -0.39 is 0 Å². The smallest absolute Gasteiger partial charge is 0.230 e. The molecule has 0 atom stereocenters. The van der Waals surface area contributed by atoms with Gasteiger partial charge in [0.25, 0.3) is 0 Å². The lowest BCUT2D eigenvalue weighted by Crippen LogP contribution is -1.95. The largest absolute Gasteiger partial charge is 0.508 e. The summed E-state index contributed by atoms with van der Waals surface area (Å²) in [5.41, 5.74) is 6.06. The standard InChI is InChI=1S/C7H6BrNO2/c8-7(11)5-3-4(10)1-2-6(5)9/h1-3,10H,9H2. The number of carbonyl (C=O) groups is 1. The number of phenolic OH excluding ortho intramolecular Hbond substituents is 1. The fourth-order valence-corrected chi connectivity index (χ4v) is 1.06. The molecule has 0 saturated carbocycles. The summed E-state index contributed by atoms with van der Waals surface area (Å²) in [6.07, 6.45) is 0. The highest BCUT2D eigenvalue weighted by Gasteiger charge is 2.05. The molecule has 0 radical (unpaired) electrons. The summed E-state index contributed by atoms with van der Waals surface area (Å²) in [7, 11) is 0. The Morgan fingerprint density at radius 2 is 2.18 bits per heavy atom. The molecule has 0 amide bonds. The Hall–Kier alpha value is -1.03. The average molecular weight is 216 g/mol. The molecule has 0 heterocycles. The van der Waals surface area contributed by atoms with Crippen LogP contribution in [0.2, 0.25) is 0 Å². The van der Waals surface area contributed by atoms with Crippen molar-refractivity contribution in [3.63, 3.8) is 0 Å². The van der Waals surface area contributed by atoms with Crippen LogP contribution in [0.3, 0.4) is 0 Å². The Labute approximate surface area is 72.0 Å². The third-order valence-electron chi connectivity index (χ3n) is 1.25. The van der Waals surface area contributed by atoms with Gasteiger partial charge < -0.3 is 10.8 Å². The number of nitrogen functional groups attached to an aromatic ring is 1. The Morgan fingerprint density at radius 1 is 1.55 bits per heavy atom. The molecule has 0 unspecified atom stereocenters. The monoisotopic (exact) mass is 215 g/mol. The van der Waals surface area contributed by atoms with Gasteiger partial charge in [-0.25, -0.2) is 0 Å². The number of carbonyl (C=O) groups excluding carboxylic acids is 1. The number of hydrogen-bond acceptors (Lipinski definition) is 3. The maximum Gasteiger partial charge on any atom is 0.230 e. The van der Waals surface area contributed by atoms with Crippen molar-refractivity contribution < 1.29 is 9.90 Å². The van der Waals surface area contributed by atoms with Crippen molar-refractivity contribution in [1.29, 1.82) is 0 Å². The lowest BCUT2D eigenvalue weighted by atomic mass is 10.2. The topological polar surface area (TPSA) is 63.3 Å². The molecule has 3 N–H and O–H groups in total. The lowest BCUT2D eigenvalue weighted by molar-refractivity contribution is 0.109. The molecule has 0 aromatic heterocycles. The van der Waals surface area contributed by atoms with Crippen molar-refractivity contribution in [2.24, 2.45) is 0 Å². The van der Waals surface area contributed by atoms with E-state index in [1.54, 1.807) is 0 Å². The number of hydrogen-bond donors (Lipinski definition) is 2. The molecule has 1 aromatic carbocycles. The first kappa shape index (κ1) is 8.07. The van der Waals surface area contributed by atoms with Gasteiger partial charge in [-0.15, -0.1) is 0 Å². The van der Waals surface area contributed by atoms with Crippen LogP contribution in [0.1, 0.15) is 10.4 Å². The minimum absolute atomic E-state index is 0.0296. The quantitative estimate of drug-likeness (QED) is 0.424. The van der Waals surface area contributed by atoms with Crippen LogP contribution in [0.25, 0.3) is 0 Å². The molecule has 4 heteroatoms. The first-order valence-corrected chi connectivity index (χ1v) is 3.69. The minimum atomic E-state index is -0.328. The molecular formula is C7H6BrNO2. The molecule has 0 fully saturated rings. The van der Waals surface area contributed by atoms with Gasteiger partial charge in [-0.3, -0.25) is 4.79 Å². The number of benzene rings is 1. The Bertz CT molecular complexity index is 298. The maximum absolute atomic E-state index is 10.7. The zero-order valence-corrected chi connectivity index (χ0v) is 7.13. The SMILES string of the molecule is Nc1ccc(O)cc1C(=O)Br. The van der Waals surface area contributed by atoms with E-state index in [2.05, 4.69) is 15.9 Å². The fourth-order valence-electron chi connectivity index (χ4n) is 0.714. The summed E-state index contributed by atoms with van der Waals surface area (Å²) in [4.78, 5) is 10.7. The van der Waals surface area contributed by atoms with Gasteiger partial charge in [-0.1, -0.05) is 0 Å². The number of rotatable bonds is 1. The summed E-state index contributed by atoms with van der Waals surface area (Å²) in [6.45, 7) is 0. The van der Waals surface area contributed by atoms with Crippen molar-refractivity contribution in [2.45, 2.75) is 0 Å². The van der Waals surface area contributed by atoms with Crippen LogP contribution in [0.15, 0.2) is 18.2 Å². The minimum Gasteiger partial charge on any atom is -0.508 e. The highest BCUT2D eigenvalue weighted by molar-refractivity contribution is 9.18. The summed E-state index contributed by atoms with van der Waals surface area (Å²) in [5.74, 6) is 0.0296. The summed E-state index contributed by atoms with van der Waals surface area (Å²) >= 11 is 2.74. The highest BCUT2D eigenvalue weighted by Crippen LogP contribution is 2.20. The van der Waals surface area contributed by atoms with Crippen molar-refractivity contribution in [1.82, 2.24) is 0 Å². The van der Waals surface area contributed by atoms with Crippen LogP contribution in [0.5, 0.6) is 5.75 Å². The maximum atomic E-state index is 10.7. The lowest BCUT2D eigenvalue weighted by Gasteiger charge is -1.99.